The average Bonchev–Trinajstić information content (AvgIpc) is 2.74. The van der Waals surface area contributed by atoms with Crippen LogP contribution < -0.4 is 5.32 Å². The lowest BCUT2D eigenvalue weighted by Crippen LogP contribution is -2.27. The summed E-state index contributed by atoms with van der Waals surface area (Å²) in [6.45, 7) is 7.41. The van der Waals surface area contributed by atoms with Gasteiger partial charge in [0, 0.05) is 28.0 Å². The van der Waals surface area contributed by atoms with E-state index < -0.39 is 11.7 Å². The van der Waals surface area contributed by atoms with Crippen LogP contribution in [0.5, 0.6) is 0 Å². The SMILES string of the molecule is Cc1nc(NC(=O)OC(C)(C)C)cc2[nH]c3ccccc3c12. The van der Waals surface area contributed by atoms with Gasteiger partial charge in [0.2, 0.25) is 0 Å². The Bertz CT molecular complexity index is 859. The smallest absolute Gasteiger partial charge is 0.413 e. The molecule has 22 heavy (non-hydrogen) atoms. The summed E-state index contributed by atoms with van der Waals surface area (Å²) in [4.78, 5) is 19.7. The van der Waals surface area contributed by atoms with Crippen LogP contribution in [0.1, 0.15) is 26.5 Å². The van der Waals surface area contributed by atoms with Crippen molar-refractivity contribution in [1.29, 1.82) is 0 Å². The third kappa shape index (κ3) is 2.74. The van der Waals surface area contributed by atoms with E-state index in [4.69, 9.17) is 4.74 Å². The van der Waals surface area contributed by atoms with E-state index in [1.54, 1.807) is 0 Å². The summed E-state index contributed by atoms with van der Waals surface area (Å²) in [7, 11) is 0. The molecule has 3 aromatic rings. The van der Waals surface area contributed by atoms with Crippen molar-refractivity contribution in [2.24, 2.45) is 0 Å². The molecule has 0 unspecified atom stereocenters. The van der Waals surface area contributed by atoms with Gasteiger partial charge < -0.3 is 9.72 Å². The first-order valence-electron chi connectivity index (χ1n) is 7.21. The van der Waals surface area contributed by atoms with Crippen LogP contribution in [0.4, 0.5) is 10.6 Å². The van der Waals surface area contributed by atoms with Crippen molar-refractivity contribution < 1.29 is 9.53 Å². The monoisotopic (exact) mass is 297 g/mol. The zero-order chi connectivity index (χ0) is 15.9. The minimum Gasteiger partial charge on any atom is -0.444 e. The van der Waals surface area contributed by atoms with E-state index in [0.29, 0.717) is 5.82 Å². The number of H-pyrrole nitrogens is 1. The van der Waals surface area contributed by atoms with Gasteiger partial charge in [0.05, 0.1) is 5.52 Å². The summed E-state index contributed by atoms with van der Waals surface area (Å²) >= 11 is 0. The van der Waals surface area contributed by atoms with Gasteiger partial charge >= 0.3 is 6.09 Å². The van der Waals surface area contributed by atoms with E-state index in [2.05, 4.69) is 21.4 Å². The third-order valence-electron chi connectivity index (χ3n) is 3.30. The van der Waals surface area contributed by atoms with Crippen LogP contribution in [-0.2, 0) is 4.74 Å². The number of benzene rings is 1. The number of anilines is 1. The molecule has 0 aliphatic carbocycles. The third-order valence-corrected chi connectivity index (χ3v) is 3.30. The van der Waals surface area contributed by atoms with Gasteiger partial charge in [0.1, 0.15) is 11.4 Å². The fourth-order valence-corrected chi connectivity index (χ4v) is 2.54. The lowest BCUT2D eigenvalue weighted by molar-refractivity contribution is 0.0635. The quantitative estimate of drug-likeness (QED) is 0.700. The van der Waals surface area contributed by atoms with Crippen molar-refractivity contribution in [2.75, 3.05) is 5.32 Å². The van der Waals surface area contributed by atoms with Crippen LogP contribution in [0.15, 0.2) is 30.3 Å². The molecule has 2 aromatic heterocycles. The molecule has 0 saturated carbocycles. The van der Waals surface area contributed by atoms with Crippen molar-refractivity contribution in [3.63, 3.8) is 0 Å². The summed E-state index contributed by atoms with van der Waals surface area (Å²) in [5.41, 5.74) is 2.32. The molecular weight excluding hydrogens is 278 g/mol. The molecule has 0 bridgehead atoms. The van der Waals surface area contributed by atoms with Crippen LogP contribution in [0.25, 0.3) is 21.8 Å². The maximum atomic E-state index is 11.9. The molecule has 0 aliphatic heterocycles. The summed E-state index contributed by atoms with van der Waals surface area (Å²) in [5, 5.41) is 4.89. The summed E-state index contributed by atoms with van der Waals surface area (Å²) in [6, 6.07) is 9.90. The molecule has 0 fully saturated rings. The molecular formula is C17H19N3O2. The minimum absolute atomic E-state index is 0.478. The molecule has 114 valence electrons. The number of carbonyl (C=O) groups is 1. The predicted molar refractivity (Wildman–Crippen MR) is 88.2 cm³/mol. The number of rotatable bonds is 1. The van der Waals surface area contributed by atoms with Crippen molar-refractivity contribution in [3.05, 3.63) is 36.0 Å². The standard InChI is InChI=1S/C17H19N3O2/c1-10-15-11-7-5-6-8-12(11)19-13(15)9-14(18-10)20-16(21)22-17(2,3)4/h5-9,19H,1-4H3,(H,18,20,21). The van der Waals surface area contributed by atoms with Gasteiger partial charge in [-0.15, -0.1) is 0 Å². The molecule has 3 rings (SSSR count). The first-order chi connectivity index (χ1) is 10.3. The molecule has 5 nitrogen and oxygen atoms in total. The fraction of sp³-hybridized carbons (Fsp3) is 0.294. The van der Waals surface area contributed by atoms with Crippen LogP contribution >= 0.6 is 0 Å². The van der Waals surface area contributed by atoms with E-state index in [1.165, 1.54) is 0 Å². The second kappa shape index (κ2) is 5.02. The lowest BCUT2D eigenvalue weighted by Gasteiger charge is -2.19. The lowest BCUT2D eigenvalue weighted by atomic mass is 10.1. The highest BCUT2D eigenvalue weighted by molar-refractivity contribution is 6.09. The average molecular weight is 297 g/mol. The topological polar surface area (TPSA) is 67.0 Å². The number of amides is 1. The Morgan fingerprint density at radius 2 is 1.95 bits per heavy atom. The second-order valence-electron chi connectivity index (χ2n) is 6.31. The fourth-order valence-electron chi connectivity index (χ4n) is 2.54. The first-order valence-corrected chi connectivity index (χ1v) is 7.21. The second-order valence-corrected chi connectivity index (χ2v) is 6.31. The summed E-state index contributed by atoms with van der Waals surface area (Å²) in [5.74, 6) is 0.478. The molecule has 2 heterocycles. The molecule has 0 saturated heterocycles. The first kappa shape index (κ1) is 14.4. The Morgan fingerprint density at radius 1 is 1.23 bits per heavy atom. The van der Waals surface area contributed by atoms with Gasteiger partial charge in [-0.2, -0.15) is 0 Å². The summed E-state index contributed by atoms with van der Waals surface area (Å²) in [6.07, 6.45) is -0.505. The number of nitrogens with zero attached hydrogens (tertiary/aromatic N) is 1. The van der Waals surface area contributed by atoms with Crippen molar-refractivity contribution in [1.82, 2.24) is 9.97 Å². The maximum Gasteiger partial charge on any atom is 0.413 e. The van der Waals surface area contributed by atoms with E-state index in [0.717, 1.165) is 27.5 Å². The maximum absolute atomic E-state index is 11.9. The van der Waals surface area contributed by atoms with Crippen LogP contribution in [0, 0.1) is 6.92 Å². The molecule has 1 aromatic carbocycles. The van der Waals surface area contributed by atoms with Crippen LogP contribution in [0.2, 0.25) is 0 Å². The Morgan fingerprint density at radius 3 is 2.68 bits per heavy atom. The number of nitrogens with one attached hydrogen (secondary N) is 2. The van der Waals surface area contributed by atoms with Gasteiger partial charge in [-0.1, -0.05) is 18.2 Å². The van der Waals surface area contributed by atoms with E-state index in [-0.39, 0.29) is 0 Å². The van der Waals surface area contributed by atoms with E-state index in [9.17, 15) is 4.79 Å². The van der Waals surface area contributed by atoms with Crippen molar-refractivity contribution in [2.45, 2.75) is 33.3 Å². The molecule has 2 N–H and O–H groups in total. The Hall–Kier alpha value is -2.56. The van der Waals surface area contributed by atoms with Gasteiger partial charge in [-0.25, -0.2) is 9.78 Å². The number of fused-ring (bicyclic) bond motifs is 3. The number of aromatic nitrogens is 2. The number of ether oxygens (including phenoxy) is 1. The number of carbonyl (C=O) groups excluding carboxylic acids is 1. The number of aryl methyl sites for hydroxylation is 1. The zero-order valence-corrected chi connectivity index (χ0v) is 13.2. The molecule has 0 atom stereocenters. The minimum atomic E-state index is -0.537. The van der Waals surface area contributed by atoms with Gasteiger partial charge in [0.15, 0.2) is 0 Å². The number of pyridine rings is 1. The Labute approximate surface area is 128 Å². The highest BCUT2D eigenvalue weighted by Gasteiger charge is 2.17. The highest BCUT2D eigenvalue weighted by atomic mass is 16.6. The predicted octanol–water partition coefficient (Wildman–Crippen LogP) is 4.37. The van der Waals surface area contributed by atoms with Crippen LogP contribution in [-0.4, -0.2) is 21.7 Å². The highest BCUT2D eigenvalue weighted by Crippen LogP contribution is 2.28. The Balaban J connectivity index is 1.99. The van der Waals surface area contributed by atoms with Crippen LogP contribution in [0.3, 0.4) is 0 Å². The number of para-hydroxylation sites is 1. The normalized spacial score (nSPS) is 11.8. The van der Waals surface area contributed by atoms with Gasteiger partial charge in [-0.3, -0.25) is 5.32 Å². The molecule has 0 aliphatic rings. The molecule has 5 heteroatoms. The van der Waals surface area contributed by atoms with Crippen molar-refractivity contribution >= 4 is 33.7 Å². The zero-order valence-electron chi connectivity index (χ0n) is 13.2. The molecule has 1 amide bonds. The largest absolute Gasteiger partial charge is 0.444 e. The van der Waals surface area contributed by atoms with E-state index in [1.807, 2.05) is 52.0 Å². The number of hydrogen-bond donors (Lipinski definition) is 2. The molecule has 0 radical (unpaired) electrons. The number of aromatic amines is 1. The summed E-state index contributed by atoms with van der Waals surface area (Å²) < 4.78 is 5.25. The van der Waals surface area contributed by atoms with E-state index >= 15 is 0 Å². The van der Waals surface area contributed by atoms with Gasteiger partial charge in [-0.05, 0) is 33.8 Å². The number of hydrogen-bond acceptors (Lipinski definition) is 3. The van der Waals surface area contributed by atoms with Gasteiger partial charge in [0.25, 0.3) is 0 Å². The van der Waals surface area contributed by atoms with Crippen molar-refractivity contribution in [3.8, 4) is 0 Å². The molecule has 0 spiro atoms. The Kier molecular flexibility index (Phi) is 3.28.